The van der Waals surface area contributed by atoms with Gasteiger partial charge in [-0.15, -0.1) is 0 Å². The Kier molecular flexibility index (Phi) is 6.41. The van der Waals surface area contributed by atoms with Gasteiger partial charge in [0.2, 0.25) is 0 Å². The van der Waals surface area contributed by atoms with E-state index in [1.165, 1.54) is 5.56 Å². The van der Waals surface area contributed by atoms with Gasteiger partial charge >= 0.3 is 0 Å². The molecule has 24 heavy (non-hydrogen) atoms. The van der Waals surface area contributed by atoms with Gasteiger partial charge in [0, 0.05) is 38.6 Å². The summed E-state index contributed by atoms with van der Waals surface area (Å²) in [6.07, 6.45) is 0. The molecular weight excluding hydrogens is 300 g/mol. The number of hydrogen-bond acceptors (Lipinski definition) is 4. The van der Waals surface area contributed by atoms with Gasteiger partial charge in [0.05, 0.1) is 12.2 Å². The van der Waals surface area contributed by atoms with Crippen LogP contribution in [0.1, 0.15) is 50.5 Å². The smallest absolute Gasteiger partial charge is 0.170 e. The van der Waals surface area contributed by atoms with Crippen molar-refractivity contribution < 1.29 is 9.53 Å². The highest BCUT2D eigenvalue weighted by molar-refractivity contribution is 6.00. The average molecular weight is 332 g/mol. The molecule has 1 aromatic rings. The Morgan fingerprint density at radius 3 is 2.54 bits per heavy atom. The van der Waals surface area contributed by atoms with Crippen LogP contribution in [0.3, 0.4) is 0 Å². The third kappa shape index (κ3) is 4.81. The van der Waals surface area contributed by atoms with E-state index in [0.29, 0.717) is 12.4 Å². The Balaban J connectivity index is 2.21. The van der Waals surface area contributed by atoms with E-state index in [4.69, 9.17) is 4.74 Å². The van der Waals surface area contributed by atoms with Crippen LogP contribution in [0.4, 0.5) is 0 Å². The van der Waals surface area contributed by atoms with E-state index >= 15 is 0 Å². The molecular formula is C20H32N2O2. The summed E-state index contributed by atoms with van der Waals surface area (Å²) in [7, 11) is 0. The predicted molar refractivity (Wildman–Crippen MR) is 99.1 cm³/mol. The van der Waals surface area contributed by atoms with E-state index in [2.05, 4.69) is 37.1 Å². The van der Waals surface area contributed by atoms with Gasteiger partial charge in [0.15, 0.2) is 5.78 Å². The largest absolute Gasteiger partial charge is 0.493 e. The molecule has 1 unspecified atom stereocenters. The lowest BCUT2D eigenvalue weighted by Gasteiger charge is -2.29. The van der Waals surface area contributed by atoms with Crippen molar-refractivity contribution in [2.75, 3.05) is 39.3 Å². The first-order valence-corrected chi connectivity index (χ1v) is 9.07. The van der Waals surface area contributed by atoms with Gasteiger partial charge in [0.25, 0.3) is 0 Å². The lowest BCUT2D eigenvalue weighted by molar-refractivity contribution is 0.0883. The summed E-state index contributed by atoms with van der Waals surface area (Å²) < 4.78 is 5.72. The highest BCUT2D eigenvalue weighted by atomic mass is 16.5. The van der Waals surface area contributed by atoms with Gasteiger partial charge in [-0.3, -0.25) is 4.79 Å². The zero-order valence-electron chi connectivity index (χ0n) is 15.8. The zero-order chi connectivity index (χ0) is 17.7. The molecule has 134 valence electrons. The molecule has 1 N–H and O–H groups in total. The summed E-state index contributed by atoms with van der Waals surface area (Å²) in [6.45, 7) is 15.9. The average Bonchev–Trinajstić information content (AvgIpc) is 2.54. The third-order valence-corrected chi connectivity index (χ3v) is 4.60. The van der Waals surface area contributed by atoms with Crippen molar-refractivity contribution in [2.24, 2.45) is 5.92 Å². The summed E-state index contributed by atoms with van der Waals surface area (Å²) in [6, 6.07) is 6.05. The first-order valence-electron chi connectivity index (χ1n) is 9.07. The normalized spacial score (nSPS) is 17.5. The van der Waals surface area contributed by atoms with Crippen LogP contribution in [0, 0.1) is 5.92 Å². The zero-order valence-corrected chi connectivity index (χ0v) is 15.8. The molecule has 4 nitrogen and oxygen atoms in total. The van der Waals surface area contributed by atoms with Gasteiger partial charge in [0.1, 0.15) is 5.75 Å². The summed E-state index contributed by atoms with van der Waals surface area (Å²) in [5.74, 6) is 0.864. The van der Waals surface area contributed by atoms with Crippen LogP contribution < -0.4 is 10.1 Å². The van der Waals surface area contributed by atoms with Crippen molar-refractivity contribution in [3.63, 3.8) is 0 Å². The quantitative estimate of drug-likeness (QED) is 0.813. The SMILES string of the molecule is CCOc1ccc(C(C)(C)C)cc1C(=O)C(C)CN1CCNCC1. The van der Waals surface area contributed by atoms with Crippen LogP contribution in [0.5, 0.6) is 5.75 Å². The fourth-order valence-corrected chi connectivity index (χ4v) is 3.10. The Morgan fingerprint density at radius 1 is 1.29 bits per heavy atom. The fourth-order valence-electron chi connectivity index (χ4n) is 3.10. The van der Waals surface area contributed by atoms with E-state index in [1.54, 1.807) is 0 Å². The molecule has 0 radical (unpaired) electrons. The third-order valence-electron chi connectivity index (χ3n) is 4.60. The van der Waals surface area contributed by atoms with Crippen molar-refractivity contribution in [1.82, 2.24) is 10.2 Å². The minimum atomic E-state index is -0.0301. The molecule has 1 fully saturated rings. The summed E-state index contributed by atoms with van der Waals surface area (Å²) in [5.41, 5.74) is 1.91. The predicted octanol–water partition coefficient (Wildman–Crippen LogP) is 3.11. The van der Waals surface area contributed by atoms with E-state index in [1.807, 2.05) is 26.0 Å². The number of rotatable bonds is 6. The van der Waals surface area contributed by atoms with E-state index in [-0.39, 0.29) is 17.1 Å². The lowest BCUT2D eigenvalue weighted by atomic mass is 9.84. The molecule has 0 aromatic heterocycles. The molecule has 1 saturated heterocycles. The molecule has 0 aliphatic carbocycles. The lowest BCUT2D eigenvalue weighted by Crippen LogP contribution is -2.45. The van der Waals surface area contributed by atoms with Crippen LogP contribution in [0.15, 0.2) is 18.2 Å². The molecule has 2 rings (SSSR count). The van der Waals surface area contributed by atoms with Crippen LogP contribution in [0.25, 0.3) is 0 Å². The van der Waals surface area contributed by atoms with Crippen molar-refractivity contribution in [1.29, 1.82) is 0 Å². The van der Waals surface area contributed by atoms with Gasteiger partial charge < -0.3 is 15.0 Å². The van der Waals surface area contributed by atoms with Gasteiger partial charge in [-0.25, -0.2) is 0 Å². The number of carbonyl (C=O) groups is 1. The van der Waals surface area contributed by atoms with E-state index < -0.39 is 0 Å². The molecule has 0 spiro atoms. The van der Waals surface area contributed by atoms with Crippen LogP contribution in [-0.2, 0) is 5.41 Å². The number of Topliss-reactive ketones (excluding diaryl/α,β-unsaturated/α-hetero) is 1. The Hall–Kier alpha value is -1.39. The Morgan fingerprint density at radius 2 is 1.96 bits per heavy atom. The second-order valence-electron chi connectivity index (χ2n) is 7.71. The van der Waals surface area contributed by atoms with Crippen molar-refractivity contribution in [3.05, 3.63) is 29.3 Å². The topological polar surface area (TPSA) is 41.6 Å². The molecule has 1 aliphatic heterocycles. The molecule has 0 saturated carbocycles. The van der Waals surface area contributed by atoms with E-state index in [9.17, 15) is 4.79 Å². The number of nitrogens with zero attached hydrogens (tertiary/aromatic N) is 1. The highest BCUT2D eigenvalue weighted by Crippen LogP contribution is 2.30. The highest BCUT2D eigenvalue weighted by Gasteiger charge is 2.24. The van der Waals surface area contributed by atoms with Crippen molar-refractivity contribution in [2.45, 2.75) is 40.0 Å². The number of benzene rings is 1. The number of piperazine rings is 1. The summed E-state index contributed by atoms with van der Waals surface area (Å²) in [5, 5.41) is 3.35. The first kappa shape index (κ1) is 18.9. The Labute approximate surface area is 146 Å². The van der Waals surface area contributed by atoms with Crippen LogP contribution >= 0.6 is 0 Å². The Bertz CT molecular complexity index is 557. The molecule has 1 aromatic carbocycles. The molecule has 1 heterocycles. The second-order valence-corrected chi connectivity index (χ2v) is 7.71. The van der Waals surface area contributed by atoms with Gasteiger partial charge in [-0.1, -0.05) is 33.8 Å². The maximum Gasteiger partial charge on any atom is 0.170 e. The number of nitrogens with one attached hydrogen (secondary N) is 1. The van der Waals surface area contributed by atoms with E-state index in [0.717, 1.165) is 38.3 Å². The maximum absolute atomic E-state index is 13.1. The first-order chi connectivity index (χ1) is 11.3. The molecule has 1 aliphatic rings. The van der Waals surface area contributed by atoms with Gasteiger partial charge in [-0.2, -0.15) is 0 Å². The minimum Gasteiger partial charge on any atom is -0.493 e. The van der Waals surface area contributed by atoms with Crippen LogP contribution in [-0.4, -0.2) is 50.0 Å². The fraction of sp³-hybridized carbons (Fsp3) is 0.650. The van der Waals surface area contributed by atoms with Crippen molar-refractivity contribution in [3.8, 4) is 5.75 Å². The van der Waals surface area contributed by atoms with Crippen LogP contribution in [0.2, 0.25) is 0 Å². The number of carbonyl (C=O) groups excluding carboxylic acids is 1. The molecule has 0 amide bonds. The summed E-state index contributed by atoms with van der Waals surface area (Å²) in [4.78, 5) is 15.4. The molecule has 4 heteroatoms. The minimum absolute atomic E-state index is 0.0154. The number of ketones is 1. The number of ether oxygens (including phenoxy) is 1. The number of hydrogen-bond donors (Lipinski definition) is 1. The molecule has 1 atom stereocenters. The second kappa shape index (κ2) is 8.13. The standard InChI is InChI=1S/C20H32N2O2/c1-6-24-18-8-7-16(20(3,4)5)13-17(18)19(23)15(2)14-22-11-9-21-10-12-22/h7-8,13,15,21H,6,9-12,14H2,1-5H3. The monoisotopic (exact) mass is 332 g/mol. The maximum atomic E-state index is 13.1. The summed E-state index contributed by atoms with van der Waals surface area (Å²) >= 11 is 0. The molecule has 0 bridgehead atoms. The van der Waals surface area contributed by atoms with Crippen molar-refractivity contribution >= 4 is 5.78 Å². The van der Waals surface area contributed by atoms with Gasteiger partial charge in [-0.05, 0) is 30.0 Å².